The van der Waals surface area contributed by atoms with Crippen molar-refractivity contribution in [3.8, 4) is 0 Å². The molecular formula is C13H19N3O. The Bertz CT molecular complexity index is 366. The second kappa shape index (κ2) is 5.77. The molecule has 1 N–H and O–H groups in total. The Kier molecular flexibility index (Phi) is 4.09. The fourth-order valence-corrected chi connectivity index (χ4v) is 2.14. The molecule has 1 aliphatic rings. The highest BCUT2D eigenvalue weighted by atomic mass is 16.2. The van der Waals surface area contributed by atoms with Gasteiger partial charge in [0.2, 0.25) is 5.91 Å². The topological polar surface area (TPSA) is 45.2 Å². The number of amides is 1. The first-order valence-corrected chi connectivity index (χ1v) is 6.25. The van der Waals surface area contributed by atoms with Gasteiger partial charge in [0.25, 0.3) is 0 Å². The van der Waals surface area contributed by atoms with Gasteiger partial charge in [-0.3, -0.25) is 14.7 Å². The third-order valence-electron chi connectivity index (χ3n) is 3.03. The van der Waals surface area contributed by atoms with Crippen molar-refractivity contribution in [1.29, 1.82) is 0 Å². The van der Waals surface area contributed by atoms with Crippen LogP contribution in [0.5, 0.6) is 0 Å². The van der Waals surface area contributed by atoms with Gasteiger partial charge in [-0.1, -0.05) is 25.8 Å². The Labute approximate surface area is 102 Å². The molecule has 0 bridgehead atoms. The van der Waals surface area contributed by atoms with Crippen molar-refractivity contribution in [3.05, 3.63) is 30.1 Å². The first kappa shape index (κ1) is 12.0. The van der Waals surface area contributed by atoms with Crippen LogP contribution in [0.25, 0.3) is 0 Å². The van der Waals surface area contributed by atoms with Crippen molar-refractivity contribution >= 4 is 5.91 Å². The van der Waals surface area contributed by atoms with Crippen LogP contribution in [-0.2, 0) is 4.79 Å². The van der Waals surface area contributed by atoms with Gasteiger partial charge in [0.1, 0.15) is 6.17 Å². The molecule has 1 atom stereocenters. The predicted octanol–water partition coefficient (Wildman–Crippen LogP) is 1.70. The van der Waals surface area contributed by atoms with E-state index in [-0.39, 0.29) is 12.1 Å². The number of rotatable bonds is 5. The third-order valence-corrected chi connectivity index (χ3v) is 3.03. The lowest BCUT2D eigenvalue weighted by molar-refractivity contribution is -0.118. The van der Waals surface area contributed by atoms with Crippen molar-refractivity contribution in [1.82, 2.24) is 15.2 Å². The minimum atomic E-state index is -0.0412. The van der Waals surface area contributed by atoms with E-state index in [1.165, 1.54) is 12.8 Å². The average molecular weight is 233 g/mol. The summed E-state index contributed by atoms with van der Waals surface area (Å²) in [5.41, 5.74) is 0.926. The first-order chi connectivity index (χ1) is 8.31. The molecule has 1 amide bonds. The second-order valence-corrected chi connectivity index (χ2v) is 4.40. The minimum absolute atomic E-state index is 0.0412. The maximum Gasteiger partial charge on any atom is 0.235 e. The van der Waals surface area contributed by atoms with Crippen molar-refractivity contribution < 1.29 is 4.79 Å². The van der Waals surface area contributed by atoms with Crippen LogP contribution >= 0.6 is 0 Å². The highest BCUT2D eigenvalue weighted by Crippen LogP contribution is 2.20. The Morgan fingerprint density at radius 1 is 1.47 bits per heavy atom. The zero-order valence-electron chi connectivity index (χ0n) is 10.2. The monoisotopic (exact) mass is 233 g/mol. The molecule has 1 unspecified atom stereocenters. The van der Waals surface area contributed by atoms with E-state index in [0.717, 1.165) is 18.7 Å². The lowest BCUT2D eigenvalue weighted by Crippen LogP contribution is -2.29. The van der Waals surface area contributed by atoms with Crippen molar-refractivity contribution in [2.24, 2.45) is 0 Å². The van der Waals surface area contributed by atoms with E-state index in [0.29, 0.717) is 6.54 Å². The number of carbonyl (C=O) groups excluding carboxylic acids is 1. The van der Waals surface area contributed by atoms with Gasteiger partial charge in [0.15, 0.2) is 0 Å². The van der Waals surface area contributed by atoms with Gasteiger partial charge in [-0.25, -0.2) is 0 Å². The maximum absolute atomic E-state index is 11.5. The summed E-state index contributed by atoms with van der Waals surface area (Å²) in [6.07, 6.45) is 5.27. The number of carbonyl (C=O) groups is 1. The molecule has 2 heterocycles. The Morgan fingerprint density at radius 2 is 2.35 bits per heavy atom. The van der Waals surface area contributed by atoms with Gasteiger partial charge >= 0.3 is 0 Å². The van der Waals surface area contributed by atoms with Gasteiger partial charge in [0, 0.05) is 12.7 Å². The summed E-state index contributed by atoms with van der Waals surface area (Å²) < 4.78 is 0. The van der Waals surface area contributed by atoms with E-state index < -0.39 is 0 Å². The molecule has 1 aromatic heterocycles. The molecule has 0 saturated carbocycles. The number of hydrogen-bond acceptors (Lipinski definition) is 3. The molecule has 4 heteroatoms. The van der Waals surface area contributed by atoms with Crippen LogP contribution in [-0.4, -0.2) is 28.9 Å². The highest BCUT2D eigenvalue weighted by Gasteiger charge is 2.30. The fourth-order valence-electron chi connectivity index (χ4n) is 2.14. The molecule has 1 aliphatic heterocycles. The molecule has 2 rings (SSSR count). The summed E-state index contributed by atoms with van der Waals surface area (Å²) in [7, 11) is 0. The minimum Gasteiger partial charge on any atom is -0.334 e. The molecule has 0 spiro atoms. The summed E-state index contributed by atoms with van der Waals surface area (Å²) in [6.45, 7) is 3.63. The molecular weight excluding hydrogens is 214 g/mol. The number of nitrogens with one attached hydrogen (secondary N) is 1. The fraction of sp³-hybridized carbons (Fsp3) is 0.538. The third kappa shape index (κ3) is 3.03. The summed E-state index contributed by atoms with van der Waals surface area (Å²) in [6, 6.07) is 5.81. The Balaban J connectivity index is 2.01. The van der Waals surface area contributed by atoms with E-state index in [9.17, 15) is 4.79 Å². The number of nitrogens with zero attached hydrogens (tertiary/aromatic N) is 2. The quantitative estimate of drug-likeness (QED) is 0.787. The van der Waals surface area contributed by atoms with E-state index in [4.69, 9.17) is 0 Å². The SMILES string of the molecule is CCCCCN1CC(=O)NC1c1ccccn1. The first-order valence-electron chi connectivity index (χ1n) is 6.25. The number of pyridine rings is 1. The predicted molar refractivity (Wildman–Crippen MR) is 66.2 cm³/mol. The zero-order chi connectivity index (χ0) is 12.1. The summed E-state index contributed by atoms with van der Waals surface area (Å²) in [4.78, 5) is 18.0. The number of hydrogen-bond donors (Lipinski definition) is 1. The largest absolute Gasteiger partial charge is 0.334 e. The van der Waals surface area contributed by atoms with E-state index in [1.54, 1.807) is 6.20 Å². The number of aromatic nitrogens is 1. The average Bonchev–Trinajstić information content (AvgIpc) is 2.72. The normalized spacial score (nSPS) is 20.5. The van der Waals surface area contributed by atoms with E-state index in [1.807, 2.05) is 18.2 Å². The summed E-state index contributed by atoms with van der Waals surface area (Å²) >= 11 is 0. The molecule has 0 aromatic carbocycles. The van der Waals surface area contributed by atoms with Gasteiger partial charge in [-0.2, -0.15) is 0 Å². The van der Waals surface area contributed by atoms with Crippen molar-refractivity contribution in [3.63, 3.8) is 0 Å². The molecule has 17 heavy (non-hydrogen) atoms. The molecule has 4 nitrogen and oxygen atoms in total. The standard InChI is InChI=1S/C13H19N3O/c1-2-3-6-9-16-10-12(17)15-13(16)11-7-4-5-8-14-11/h4-5,7-8,13H,2-3,6,9-10H2,1H3,(H,15,17). The van der Waals surface area contributed by atoms with Crippen LogP contribution in [0.15, 0.2) is 24.4 Å². The molecule has 1 saturated heterocycles. The molecule has 0 radical (unpaired) electrons. The van der Waals surface area contributed by atoms with Crippen LogP contribution in [0.4, 0.5) is 0 Å². The molecule has 0 aliphatic carbocycles. The Morgan fingerprint density at radius 3 is 3.06 bits per heavy atom. The van der Waals surface area contributed by atoms with Crippen LogP contribution in [0.2, 0.25) is 0 Å². The zero-order valence-corrected chi connectivity index (χ0v) is 10.2. The molecule has 1 fully saturated rings. The van der Waals surface area contributed by atoms with Crippen molar-refractivity contribution in [2.45, 2.75) is 32.4 Å². The lowest BCUT2D eigenvalue weighted by Gasteiger charge is -2.22. The highest BCUT2D eigenvalue weighted by molar-refractivity contribution is 5.80. The second-order valence-electron chi connectivity index (χ2n) is 4.40. The van der Waals surface area contributed by atoms with Crippen LogP contribution in [0, 0.1) is 0 Å². The summed E-state index contributed by atoms with van der Waals surface area (Å²) in [5, 5.41) is 2.97. The van der Waals surface area contributed by atoms with E-state index >= 15 is 0 Å². The van der Waals surface area contributed by atoms with Crippen molar-refractivity contribution in [2.75, 3.05) is 13.1 Å². The number of unbranched alkanes of at least 4 members (excludes halogenated alkanes) is 2. The van der Waals surface area contributed by atoms with Crippen LogP contribution in [0.3, 0.4) is 0 Å². The summed E-state index contributed by atoms with van der Waals surface area (Å²) in [5.74, 6) is 0.0946. The molecule has 92 valence electrons. The van der Waals surface area contributed by atoms with Gasteiger partial charge < -0.3 is 5.32 Å². The van der Waals surface area contributed by atoms with E-state index in [2.05, 4.69) is 22.1 Å². The smallest absolute Gasteiger partial charge is 0.235 e. The Hall–Kier alpha value is -1.42. The molecule has 1 aromatic rings. The maximum atomic E-state index is 11.5. The van der Waals surface area contributed by atoms with Crippen LogP contribution < -0.4 is 5.32 Å². The van der Waals surface area contributed by atoms with Gasteiger partial charge in [-0.05, 0) is 18.6 Å². The lowest BCUT2D eigenvalue weighted by atomic mass is 10.2. The van der Waals surface area contributed by atoms with Gasteiger partial charge in [-0.15, -0.1) is 0 Å². The van der Waals surface area contributed by atoms with Gasteiger partial charge in [0.05, 0.1) is 12.2 Å². The van der Waals surface area contributed by atoms with Crippen LogP contribution in [0.1, 0.15) is 38.0 Å².